The number of ether oxygens (including phenoxy) is 2. The molecule has 0 aromatic carbocycles. The summed E-state index contributed by atoms with van der Waals surface area (Å²) < 4.78 is 10.4. The van der Waals surface area contributed by atoms with Crippen LogP contribution in [0.2, 0.25) is 0 Å². The predicted molar refractivity (Wildman–Crippen MR) is 44.7 cm³/mol. The number of rotatable bonds is 6. The third kappa shape index (κ3) is 3.50. The maximum atomic E-state index is 5.30. The fourth-order valence-corrected chi connectivity index (χ4v) is 0.809. The maximum Gasteiger partial charge on any atom is 0.0748 e. The molecule has 68 valence electrons. The highest BCUT2D eigenvalue weighted by molar-refractivity contribution is 4.99. The number of hydrogen-bond donors (Lipinski definition) is 1. The van der Waals surface area contributed by atoms with Crippen molar-refractivity contribution in [1.82, 2.24) is 10.2 Å². The third-order valence-electron chi connectivity index (χ3n) is 1.40. The first-order valence-corrected chi connectivity index (χ1v) is 4.06. The van der Waals surface area contributed by atoms with Crippen molar-refractivity contribution in [3.8, 4) is 0 Å². The first kappa shape index (κ1) is 9.22. The summed E-state index contributed by atoms with van der Waals surface area (Å²) in [7, 11) is 0. The molecule has 1 aromatic heterocycles. The van der Waals surface area contributed by atoms with Crippen LogP contribution in [0.4, 0.5) is 0 Å². The van der Waals surface area contributed by atoms with Crippen LogP contribution in [0.3, 0.4) is 0 Å². The Morgan fingerprint density at radius 3 is 2.92 bits per heavy atom. The SMILES string of the molecule is CCOCCOCc1cn[nH]c1. The molecule has 0 aliphatic carbocycles. The first-order chi connectivity index (χ1) is 5.93. The van der Waals surface area contributed by atoms with Crippen molar-refractivity contribution in [2.45, 2.75) is 13.5 Å². The van der Waals surface area contributed by atoms with E-state index in [1.807, 2.05) is 13.1 Å². The fourth-order valence-electron chi connectivity index (χ4n) is 0.809. The molecule has 1 N–H and O–H groups in total. The molecule has 1 aromatic rings. The predicted octanol–water partition coefficient (Wildman–Crippen LogP) is 0.963. The van der Waals surface area contributed by atoms with Gasteiger partial charge >= 0.3 is 0 Å². The van der Waals surface area contributed by atoms with E-state index in [-0.39, 0.29) is 0 Å². The summed E-state index contributed by atoms with van der Waals surface area (Å²) in [6.45, 7) is 4.61. The van der Waals surface area contributed by atoms with Crippen molar-refractivity contribution in [3.05, 3.63) is 18.0 Å². The normalized spacial score (nSPS) is 10.4. The van der Waals surface area contributed by atoms with E-state index in [1.54, 1.807) is 6.20 Å². The van der Waals surface area contributed by atoms with Crippen LogP contribution in [0.1, 0.15) is 12.5 Å². The Bertz CT molecular complexity index is 187. The molecular weight excluding hydrogens is 156 g/mol. The number of hydrogen-bond acceptors (Lipinski definition) is 3. The summed E-state index contributed by atoms with van der Waals surface area (Å²) in [6.07, 6.45) is 3.57. The summed E-state index contributed by atoms with van der Waals surface area (Å²) >= 11 is 0. The van der Waals surface area contributed by atoms with Gasteiger partial charge in [-0.3, -0.25) is 5.10 Å². The zero-order valence-corrected chi connectivity index (χ0v) is 7.25. The van der Waals surface area contributed by atoms with Crippen LogP contribution >= 0.6 is 0 Å². The Morgan fingerprint density at radius 1 is 1.42 bits per heavy atom. The van der Waals surface area contributed by atoms with Crippen molar-refractivity contribution in [3.63, 3.8) is 0 Å². The van der Waals surface area contributed by atoms with E-state index in [2.05, 4.69) is 10.2 Å². The van der Waals surface area contributed by atoms with E-state index in [0.29, 0.717) is 19.8 Å². The molecule has 0 aliphatic rings. The van der Waals surface area contributed by atoms with Crippen LogP contribution in [0, 0.1) is 0 Å². The van der Waals surface area contributed by atoms with Crippen molar-refractivity contribution >= 4 is 0 Å². The number of H-pyrrole nitrogens is 1. The van der Waals surface area contributed by atoms with Gasteiger partial charge in [0.05, 0.1) is 26.0 Å². The van der Waals surface area contributed by atoms with Gasteiger partial charge in [0.25, 0.3) is 0 Å². The van der Waals surface area contributed by atoms with Crippen molar-refractivity contribution in [1.29, 1.82) is 0 Å². The maximum absolute atomic E-state index is 5.30. The lowest BCUT2D eigenvalue weighted by Crippen LogP contribution is -2.03. The quantitative estimate of drug-likeness (QED) is 0.647. The lowest BCUT2D eigenvalue weighted by atomic mass is 10.4. The summed E-state index contributed by atoms with van der Waals surface area (Å²) in [5, 5.41) is 6.52. The van der Waals surface area contributed by atoms with Crippen LogP contribution in [0.25, 0.3) is 0 Å². The number of aromatic nitrogens is 2. The lowest BCUT2D eigenvalue weighted by Gasteiger charge is -2.01. The minimum absolute atomic E-state index is 0.601. The summed E-state index contributed by atoms with van der Waals surface area (Å²) in [6, 6.07) is 0. The summed E-state index contributed by atoms with van der Waals surface area (Å²) in [4.78, 5) is 0. The van der Waals surface area contributed by atoms with Crippen molar-refractivity contribution < 1.29 is 9.47 Å². The summed E-state index contributed by atoms with van der Waals surface area (Å²) in [5.74, 6) is 0. The van der Waals surface area contributed by atoms with Gasteiger partial charge in [-0.1, -0.05) is 0 Å². The minimum Gasteiger partial charge on any atom is -0.379 e. The second kappa shape index (κ2) is 5.74. The van der Waals surface area contributed by atoms with Crippen LogP contribution in [0.5, 0.6) is 0 Å². The van der Waals surface area contributed by atoms with Gasteiger partial charge < -0.3 is 9.47 Å². The van der Waals surface area contributed by atoms with E-state index in [0.717, 1.165) is 12.2 Å². The van der Waals surface area contributed by atoms with E-state index in [4.69, 9.17) is 9.47 Å². The molecule has 0 radical (unpaired) electrons. The second-order valence-corrected chi connectivity index (χ2v) is 2.36. The average Bonchev–Trinajstić information content (AvgIpc) is 2.57. The molecule has 1 rings (SSSR count). The molecule has 0 bridgehead atoms. The van der Waals surface area contributed by atoms with Gasteiger partial charge in [-0.05, 0) is 6.92 Å². The molecule has 1 heterocycles. The average molecular weight is 170 g/mol. The van der Waals surface area contributed by atoms with Crippen LogP contribution in [0.15, 0.2) is 12.4 Å². The first-order valence-electron chi connectivity index (χ1n) is 4.06. The Hall–Kier alpha value is -0.870. The topological polar surface area (TPSA) is 47.1 Å². The van der Waals surface area contributed by atoms with Gasteiger partial charge in [0.15, 0.2) is 0 Å². The smallest absolute Gasteiger partial charge is 0.0748 e. The molecule has 0 saturated heterocycles. The van der Waals surface area contributed by atoms with E-state index < -0.39 is 0 Å². The molecule has 0 saturated carbocycles. The van der Waals surface area contributed by atoms with Gasteiger partial charge in [-0.25, -0.2) is 0 Å². The van der Waals surface area contributed by atoms with Gasteiger partial charge in [0.1, 0.15) is 0 Å². The number of nitrogens with one attached hydrogen (secondary N) is 1. The zero-order chi connectivity index (χ0) is 8.65. The van der Waals surface area contributed by atoms with Gasteiger partial charge in [0, 0.05) is 18.4 Å². The van der Waals surface area contributed by atoms with Crippen LogP contribution < -0.4 is 0 Å². The summed E-state index contributed by atoms with van der Waals surface area (Å²) in [5.41, 5.74) is 1.06. The van der Waals surface area contributed by atoms with Crippen LogP contribution in [-0.4, -0.2) is 30.0 Å². The van der Waals surface area contributed by atoms with E-state index in [9.17, 15) is 0 Å². The highest BCUT2D eigenvalue weighted by atomic mass is 16.5. The Kier molecular flexibility index (Phi) is 4.41. The number of nitrogens with zero attached hydrogens (tertiary/aromatic N) is 1. The molecule has 0 atom stereocenters. The van der Waals surface area contributed by atoms with Gasteiger partial charge in [0.2, 0.25) is 0 Å². The Morgan fingerprint density at radius 2 is 2.25 bits per heavy atom. The molecule has 0 aliphatic heterocycles. The standard InChI is InChI=1S/C8H14N2O2/c1-2-11-3-4-12-7-8-5-9-10-6-8/h5-6H,2-4,7H2,1H3,(H,9,10). The molecule has 0 unspecified atom stereocenters. The highest BCUT2D eigenvalue weighted by Gasteiger charge is 1.92. The monoisotopic (exact) mass is 170 g/mol. The fraction of sp³-hybridized carbons (Fsp3) is 0.625. The molecule has 4 nitrogen and oxygen atoms in total. The lowest BCUT2D eigenvalue weighted by molar-refractivity contribution is 0.0453. The Labute approximate surface area is 71.9 Å². The largest absolute Gasteiger partial charge is 0.379 e. The van der Waals surface area contributed by atoms with Crippen LogP contribution in [-0.2, 0) is 16.1 Å². The molecule has 0 fully saturated rings. The second-order valence-electron chi connectivity index (χ2n) is 2.36. The van der Waals surface area contributed by atoms with E-state index in [1.165, 1.54) is 0 Å². The van der Waals surface area contributed by atoms with Crippen molar-refractivity contribution in [2.24, 2.45) is 0 Å². The Balaban J connectivity index is 1.96. The number of aromatic amines is 1. The van der Waals surface area contributed by atoms with E-state index >= 15 is 0 Å². The molecule has 0 amide bonds. The highest BCUT2D eigenvalue weighted by Crippen LogP contribution is 1.95. The zero-order valence-electron chi connectivity index (χ0n) is 7.25. The molecule has 4 heteroatoms. The molecule has 0 spiro atoms. The van der Waals surface area contributed by atoms with Crippen molar-refractivity contribution in [2.75, 3.05) is 19.8 Å². The van der Waals surface area contributed by atoms with Gasteiger partial charge in [-0.2, -0.15) is 5.10 Å². The molecule has 12 heavy (non-hydrogen) atoms. The van der Waals surface area contributed by atoms with Gasteiger partial charge in [-0.15, -0.1) is 0 Å². The minimum atomic E-state index is 0.601. The molecular formula is C8H14N2O2. The third-order valence-corrected chi connectivity index (χ3v) is 1.40.